The van der Waals surface area contributed by atoms with Gasteiger partial charge in [0.1, 0.15) is 5.82 Å². The topological polar surface area (TPSA) is 42.1 Å². The Kier molecular flexibility index (Phi) is 4.24. The SMILES string of the molecule is CN(c1cc(CN)c(Cl)cn1)C1CCCCC1. The highest BCUT2D eigenvalue weighted by molar-refractivity contribution is 6.31. The van der Waals surface area contributed by atoms with Crippen LogP contribution < -0.4 is 10.6 Å². The van der Waals surface area contributed by atoms with Crippen LogP contribution in [-0.2, 0) is 6.54 Å². The van der Waals surface area contributed by atoms with Crippen LogP contribution in [0.4, 0.5) is 5.82 Å². The summed E-state index contributed by atoms with van der Waals surface area (Å²) in [6, 6.07) is 2.62. The van der Waals surface area contributed by atoms with Crippen molar-refractivity contribution >= 4 is 17.4 Å². The number of hydrogen-bond donors (Lipinski definition) is 1. The van der Waals surface area contributed by atoms with Gasteiger partial charge in [-0.25, -0.2) is 4.98 Å². The first-order chi connectivity index (χ1) is 8.22. The van der Waals surface area contributed by atoms with Gasteiger partial charge >= 0.3 is 0 Å². The zero-order chi connectivity index (χ0) is 12.3. The van der Waals surface area contributed by atoms with Crippen molar-refractivity contribution < 1.29 is 0 Å². The van der Waals surface area contributed by atoms with Crippen LogP contribution in [0.2, 0.25) is 5.02 Å². The number of nitrogens with two attached hydrogens (primary N) is 1. The van der Waals surface area contributed by atoms with Gasteiger partial charge in [0, 0.05) is 25.8 Å². The molecule has 17 heavy (non-hydrogen) atoms. The van der Waals surface area contributed by atoms with Gasteiger partial charge < -0.3 is 10.6 Å². The van der Waals surface area contributed by atoms with E-state index in [9.17, 15) is 0 Å². The summed E-state index contributed by atoms with van der Waals surface area (Å²) in [5.74, 6) is 0.988. The monoisotopic (exact) mass is 253 g/mol. The summed E-state index contributed by atoms with van der Waals surface area (Å²) in [6.07, 6.45) is 8.25. The quantitative estimate of drug-likeness (QED) is 0.901. The Balaban J connectivity index is 2.15. The van der Waals surface area contributed by atoms with E-state index in [0.29, 0.717) is 17.6 Å². The molecule has 0 aliphatic heterocycles. The lowest BCUT2D eigenvalue weighted by Gasteiger charge is -2.32. The van der Waals surface area contributed by atoms with E-state index < -0.39 is 0 Å². The molecule has 0 spiro atoms. The number of pyridine rings is 1. The number of hydrogen-bond acceptors (Lipinski definition) is 3. The molecule has 1 aromatic heterocycles. The Hall–Kier alpha value is -0.800. The molecule has 1 aromatic rings. The minimum atomic E-state index is 0.465. The minimum absolute atomic E-state index is 0.465. The maximum atomic E-state index is 6.03. The Morgan fingerprint density at radius 2 is 2.12 bits per heavy atom. The molecule has 1 aliphatic carbocycles. The average molecular weight is 254 g/mol. The van der Waals surface area contributed by atoms with Crippen molar-refractivity contribution in [1.29, 1.82) is 0 Å². The summed E-state index contributed by atoms with van der Waals surface area (Å²) < 4.78 is 0. The lowest BCUT2D eigenvalue weighted by Crippen LogP contribution is -2.34. The van der Waals surface area contributed by atoms with E-state index in [4.69, 9.17) is 17.3 Å². The molecule has 94 valence electrons. The highest BCUT2D eigenvalue weighted by Crippen LogP contribution is 2.26. The molecule has 0 aromatic carbocycles. The summed E-state index contributed by atoms with van der Waals surface area (Å²) in [7, 11) is 2.12. The molecule has 2 N–H and O–H groups in total. The van der Waals surface area contributed by atoms with Crippen molar-refractivity contribution in [2.75, 3.05) is 11.9 Å². The fraction of sp³-hybridized carbons (Fsp3) is 0.615. The second-order valence-corrected chi connectivity index (χ2v) is 5.15. The van der Waals surface area contributed by atoms with Crippen molar-refractivity contribution in [3.05, 3.63) is 22.8 Å². The van der Waals surface area contributed by atoms with E-state index in [1.807, 2.05) is 6.07 Å². The van der Waals surface area contributed by atoms with Crippen LogP contribution in [0.25, 0.3) is 0 Å². The number of aromatic nitrogens is 1. The van der Waals surface area contributed by atoms with Crippen LogP contribution in [0.5, 0.6) is 0 Å². The third-order valence-electron chi connectivity index (χ3n) is 3.62. The standard InChI is InChI=1S/C13H20ClN3/c1-17(11-5-3-2-4-6-11)13-7-10(8-15)12(14)9-16-13/h7,9,11H,2-6,8,15H2,1H3. The molecule has 2 rings (SSSR count). The maximum absolute atomic E-state index is 6.03. The zero-order valence-electron chi connectivity index (χ0n) is 10.3. The van der Waals surface area contributed by atoms with E-state index in [2.05, 4.69) is 16.9 Å². The van der Waals surface area contributed by atoms with Gasteiger partial charge in [-0.15, -0.1) is 0 Å². The third-order valence-corrected chi connectivity index (χ3v) is 3.96. The van der Waals surface area contributed by atoms with Crippen LogP contribution in [-0.4, -0.2) is 18.1 Å². The Morgan fingerprint density at radius 1 is 1.41 bits per heavy atom. The van der Waals surface area contributed by atoms with Crippen LogP contribution in [0.15, 0.2) is 12.3 Å². The third kappa shape index (κ3) is 2.90. The molecule has 1 aliphatic rings. The first-order valence-corrected chi connectivity index (χ1v) is 6.67. The Labute approximate surface area is 108 Å². The Bertz CT molecular complexity index is 375. The minimum Gasteiger partial charge on any atom is -0.357 e. The van der Waals surface area contributed by atoms with Crippen LogP contribution in [0.3, 0.4) is 0 Å². The normalized spacial score (nSPS) is 17.1. The summed E-state index contributed by atoms with van der Waals surface area (Å²) in [5.41, 5.74) is 6.64. The smallest absolute Gasteiger partial charge is 0.128 e. The summed E-state index contributed by atoms with van der Waals surface area (Å²) in [6.45, 7) is 0.465. The second-order valence-electron chi connectivity index (χ2n) is 4.74. The molecule has 3 nitrogen and oxygen atoms in total. The van der Waals surface area contributed by atoms with Gasteiger partial charge in [-0.1, -0.05) is 30.9 Å². The largest absolute Gasteiger partial charge is 0.357 e. The van der Waals surface area contributed by atoms with Crippen molar-refractivity contribution in [2.24, 2.45) is 5.73 Å². The van der Waals surface area contributed by atoms with Gasteiger partial charge in [0.05, 0.1) is 5.02 Å². The summed E-state index contributed by atoms with van der Waals surface area (Å²) in [4.78, 5) is 6.67. The van der Waals surface area contributed by atoms with E-state index in [1.54, 1.807) is 6.20 Å². The van der Waals surface area contributed by atoms with Crippen molar-refractivity contribution in [1.82, 2.24) is 4.98 Å². The van der Waals surface area contributed by atoms with Gasteiger partial charge in [-0.05, 0) is 24.5 Å². The number of nitrogens with zero attached hydrogens (tertiary/aromatic N) is 2. The van der Waals surface area contributed by atoms with Crippen molar-refractivity contribution in [3.8, 4) is 0 Å². The second kappa shape index (κ2) is 5.69. The average Bonchev–Trinajstić information content (AvgIpc) is 2.39. The molecule has 0 atom stereocenters. The van der Waals surface area contributed by atoms with Crippen LogP contribution in [0.1, 0.15) is 37.7 Å². The van der Waals surface area contributed by atoms with E-state index in [1.165, 1.54) is 32.1 Å². The van der Waals surface area contributed by atoms with E-state index in [0.717, 1.165) is 11.4 Å². The molecule has 0 bridgehead atoms. The van der Waals surface area contributed by atoms with Crippen LogP contribution in [0, 0.1) is 0 Å². The predicted octanol–water partition coefficient (Wildman–Crippen LogP) is 2.96. The van der Waals surface area contributed by atoms with Crippen molar-refractivity contribution in [3.63, 3.8) is 0 Å². The zero-order valence-corrected chi connectivity index (χ0v) is 11.1. The van der Waals surface area contributed by atoms with Gasteiger partial charge in [0.2, 0.25) is 0 Å². The first-order valence-electron chi connectivity index (χ1n) is 6.29. The Morgan fingerprint density at radius 3 is 2.76 bits per heavy atom. The maximum Gasteiger partial charge on any atom is 0.128 e. The molecular formula is C13H20ClN3. The lowest BCUT2D eigenvalue weighted by molar-refractivity contribution is 0.426. The predicted molar refractivity (Wildman–Crippen MR) is 72.4 cm³/mol. The molecular weight excluding hydrogens is 234 g/mol. The van der Waals surface area contributed by atoms with Gasteiger partial charge in [0.15, 0.2) is 0 Å². The highest BCUT2D eigenvalue weighted by atomic mass is 35.5. The van der Waals surface area contributed by atoms with E-state index in [-0.39, 0.29) is 0 Å². The molecule has 0 radical (unpaired) electrons. The summed E-state index contributed by atoms with van der Waals surface area (Å²) >= 11 is 6.03. The number of rotatable bonds is 3. The summed E-state index contributed by atoms with van der Waals surface area (Å²) in [5, 5.41) is 0.660. The van der Waals surface area contributed by atoms with Crippen molar-refractivity contribution in [2.45, 2.75) is 44.7 Å². The number of halogens is 1. The van der Waals surface area contributed by atoms with E-state index >= 15 is 0 Å². The molecule has 1 fully saturated rings. The molecule has 0 saturated heterocycles. The molecule has 0 amide bonds. The van der Waals surface area contributed by atoms with Gasteiger partial charge in [0.25, 0.3) is 0 Å². The van der Waals surface area contributed by atoms with Crippen LogP contribution >= 0.6 is 11.6 Å². The molecule has 1 heterocycles. The highest BCUT2D eigenvalue weighted by Gasteiger charge is 2.19. The fourth-order valence-electron chi connectivity index (χ4n) is 2.47. The fourth-order valence-corrected chi connectivity index (χ4v) is 2.65. The van der Waals surface area contributed by atoms with Gasteiger partial charge in [-0.2, -0.15) is 0 Å². The first kappa shape index (κ1) is 12.7. The lowest BCUT2D eigenvalue weighted by atomic mass is 9.94. The molecule has 1 saturated carbocycles. The van der Waals surface area contributed by atoms with Gasteiger partial charge in [-0.3, -0.25) is 0 Å². The number of anilines is 1. The molecule has 0 unspecified atom stereocenters. The molecule has 4 heteroatoms.